The lowest BCUT2D eigenvalue weighted by atomic mass is 10.2. The first-order valence-electron chi connectivity index (χ1n) is 10.4. The van der Waals surface area contributed by atoms with Crippen LogP contribution in [0.15, 0.2) is 77.9 Å². The Morgan fingerprint density at radius 1 is 1.06 bits per heavy atom. The van der Waals surface area contributed by atoms with Gasteiger partial charge in [-0.25, -0.2) is 4.79 Å². The van der Waals surface area contributed by atoms with E-state index in [-0.39, 0.29) is 0 Å². The van der Waals surface area contributed by atoms with Crippen LogP contribution >= 0.6 is 23.8 Å². The number of unbranched alkanes of at least 4 members (excludes halogenated alkanes) is 1. The fourth-order valence-corrected chi connectivity index (χ4v) is 3.06. The predicted molar refractivity (Wildman–Crippen MR) is 137 cm³/mol. The Balaban J connectivity index is 1.47. The molecule has 0 bridgehead atoms. The van der Waals surface area contributed by atoms with Crippen LogP contribution in [0.5, 0.6) is 11.5 Å². The van der Waals surface area contributed by atoms with Crippen molar-refractivity contribution in [3.63, 3.8) is 0 Å². The smallest absolute Gasteiger partial charge is 0.343 e. The average Bonchev–Trinajstić information content (AvgIpc) is 2.81. The maximum absolute atomic E-state index is 12.4. The van der Waals surface area contributed by atoms with Crippen LogP contribution in [0.2, 0.25) is 5.02 Å². The fraction of sp³-hybridized carbons (Fsp3) is 0.160. The van der Waals surface area contributed by atoms with Gasteiger partial charge in [-0.1, -0.05) is 31.0 Å². The molecule has 2 N–H and O–H groups in total. The monoisotopic (exact) mass is 481 g/mol. The number of hydrogen-bond donors (Lipinski definition) is 2. The third-order valence-corrected chi connectivity index (χ3v) is 4.84. The van der Waals surface area contributed by atoms with Gasteiger partial charge in [-0.05, 0) is 90.9 Å². The molecule has 0 spiro atoms. The highest BCUT2D eigenvalue weighted by atomic mass is 35.5. The molecule has 3 rings (SSSR count). The number of carbonyl (C=O) groups is 1. The highest BCUT2D eigenvalue weighted by molar-refractivity contribution is 7.80. The van der Waals surface area contributed by atoms with Crippen molar-refractivity contribution in [1.82, 2.24) is 5.43 Å². The molecule has 170 valence electrons. The van der Waals surface area contributed by atoms with Gasteiger partial charge in [0.05, 0.1) is 18.4 Å². The van der Waals surface area contributed by atoms with Crippen LogP contribution in [0.3, 0.4) is 0 Å². The number of carbonyl (C=O) groups excluding carboxylic acids is 1. The minimum absolute atomic E-state index is 0.334. The van der Waals surface area contributed by atoms with Gasteiger partial charge in [-0.2, -0.15) is 5.10 Å². The molecule has 0 fully saturated rings. The maximum Gasteiger partial charge on any atom is 0.343 e. The normalized spacial score (nSPS) is 10.6. The van der Waals surface area contributed by atoms with E-state index in [1.54, 1.807) is 66.9 Å². The SMILES string of the molecule is CCCCOc1ccc(C(=O)Oc2ccc(/C=N\NC(=S)Nc3cccc(Cl)c3)cc2)cc1. The number of nitrogens with zero attached hydrogens (tertiary/aromatic N) is 1. The summed E-state index contributed by atoms with van der Waals surface area (Å²) in [6, 6.07) is 21.1. The number of thiocarbonyl (C=S) groups is 1. The maximum atomic E-state index is 12.4. The zero-order valence-corrected chi connectivity index (χ0v) is 19.7. The summed E-state index contributed by atoms with van der Waals surface area (Å²) in [5, 5.41) is 8.04. The van der Waals surface area contributed by atoms with Gasteiger partial charge >= 0.3 is 5.97 Å². The summed E-state index contributed by atoms with van der Waals surface area (Å²) >= 11 is 11.1. The number of halogens is 1. The molecule has 0 aromatic heterocycles. The molecule has 3 aromatic rings. The van der Waals surface area contributed by atoms with Crippen molar-refractivity contribution in [3.8, 4) is 11.5 Å². The number of benzene rings is 3. The van der Waals surface area contributed by atoms with Gasteiger partial charge in [-0.15, -0.1) is 0 Å². The van der Waals surface area contributed by atoms with Gasteiger partial charge in [0.2, 0.25) is 0 Å². The third kappa shape index (κ3) is 8.21. The quantitative estimate of drug-likeness (QED) is 0.0966. The zero-order valence-electron chi connectivity index (χ0n) is 18.1. The molecular weight excluding hydrogens is 458 g/mol. The fourth-order valence-electron chi connectivity index (χ4n) is 2.70. The van der Waals surface area contributed by atoms with Gasteiger partial charge in [0.15, 0.2) is 5.11 Å². The van der Waals surface area contributed by atoms with Gasteiger partial charge < -0.3 is 14.8 Å². The molecule has 8 heteroatoms. The number of anilines is 1. The molecule has 3 aromatic carbocycles. The van der Waals surface area contributed by atoms with E-state index in [1.807, 2.05) is 12.1 Å². The van der Waals surface area contributed by atoms with E-state index >= 15 is 0 Å². The van der Waals surface area contributed by atoms with Crippen LogP contribution in [-0.4, -0.2) is 23.9 Å². The number of nitrogens with one attached hydrogen (secondary N) is 2. The lowest BCUT2D eigenvalue weighted by Gasteiger charge is -2.08. The van der Waals surface area contributed by atoms with Crippen LogP contribution in [0.1, 0.15) is 35.7 Å². The zero-order chi connectivity index (χ0) is 23.5. The second-order valence-electron chi connectivity index (χ2n) is 7.02. The molecule has 6 nitrogen and oxygen atoms in total. The van der Waals surface area contributed by atoms with Crippen molar-refractivity contribution in [2.45, 2.75) is 19.8 Å². The summed E-state index contributed by atoms with van der Waals surface area (Å²) in [7, 11) is 0. The molecule has 33 heavy (non-hydrogen) atoms. The van der Waals surface area contributed by atoms with E-state index in [0.29, 0.717) is 28.1 Å². The molecule has 0 amide bonds. The van der Waals surface area contributed by atoms with E-state index in [1.165, 1.54) is 0 Å². The van der Waals surface area contributed by atoms with Crippen LogP contribution in [0.25, 0.3) is 0 Å². The Kier molecular flexibility index (Phi) is 9.23. The lowest BCUT2D eigenvalue weighted by Crippen LogP contribution is -2.23. The van der Waals surface area contributed by atoms with Crippen molar-refractivity contribution in [1.29, 1.82) is 0 Å². The number of ether oxygens (including phenoxy) is 2. The first-order valence-corrected chi connectivity index (χ1v) is 11.2. The van der Waals surface area contributed by atoms with Gasteiger partial charge in [0.25, 0.3) is 0 Å². The van der Waals surface area contributed by atoms with E-state index < -0.39 is 5.97 Å². The largest absolute Gasteiger partial charge is 0.494 e. The molecule has 0 aliphatic rings. The highest BCUT2D eigenvalue weighted by Gasteiger charge is 2.09. The predicted octanol–water partition coefficient (Wildman–Crippen LogP) is 6.06. The van der Waals surface area contributed by atoms with Crippen LogP contribution in [0, 0.1) is 0 Å². The average molecular weight is 482 g/mol. The van der Waals surface area contributed by atoms with Crippen LogP contribution in [0.4, 0.5) is 5.69 Å². The van der Waals surface area contributed by atoms with Crippen molar-refractivity contribution in [3.05, 3.63) is 88.9 Å². The molecule has 0 aliphatic heterocycles. The first kappa shape index (κ1) is 24.2. The Morgan fingerprint density at radius 3 is 2.48 bits per heavy atom. The van der Waals surface area contributed by atoms with Crippen LogP contribution < -0.4 is 20.2 Å². The lowest BCUT2D eigenvalue weighted by molar-refractivity contribution is 0.0734. The summed E-state index contributed by atoms with van der Waals surface area (Å²) in [5.41, 5.74) is 4.76. The van der Waals surface area contributed by atoms with E-state index in [0.717, 1.165) is 29.8 Å². The summed E-state index contributed by atoms with van der Waals surface area (Å²) in [4.78, 5) is 12.4. The van der Waals surface area contributed by atoms with E-state index in [2.05, 4.69) is 22.8 Å². The van der Waals surface area contributed by atoms with E-state index in [9.17, 15) is 4.79 Å². The summed E-state index contributed by atoms with van der Waals surface area (Å²) in [5.74, 6) is 0.738. The highest BCUT2D eigenvalue weighted by Crippen LogP contribution is 2.17. The Bertz CT molecular complexity index is 1100. The molecule has 0 aliphatic carbocycles. The summed E-state index contributed by atoms with van der Waals surface area (Å²) < 4.78 is 11.0. The molecular formula is C25H24ClN3O3S. The molecule has 0 saturated heterocycles. The van der Waals surface area contributed by atoms with Gasteiger partial charge in [0.1, 0.15) is 11.5 Å². The first-order chi connectivity index (χ1) is 16.0. The Labute approximate surface area is 203 Å². The van der Waals surface area contributed by atoms with Gasteiger partial charge in [-0.3, -0.25) is 5.43 Å². The third-order valence-electron chi connectivity index (χ3n) is 4.41. The number of rotatable bonds is 9. The topological polar surface area (TPSA) is 72.0 Å². The molecule has 0 saturated carbocycles. The summed E-state index contributed by atoms with van der Waals surface area (Å²) in [6.45, 7) is 2.77. The standard InChI is InChI=1S/C25H24ClN3O3S/c1-2-3-15-31-22-13-9-19(10-14-22)24(30)32-23-11-7-18(8-12-23)17-27-29-25(33)28-21-6-4-5-20(26)16-21/h4-14,16-17H,2-3,15H2,1H3,(H2,28,29,33)/b27-17-. The van der Waals surface area contributed by atoms with Crippen molar-refractivity contribution >= 4 is 46.8 Å². The van der Waals surface area contributed by atoms with E-state index in [4.69, 9.17) is 33.3 Å². The molecule has 0 heterocycles. The minimum atomic E-state index is -0.435. The molecule has 0 unspecified atom stereocenters. The minimum Gasteiger partial charge on any atom is -0.494 e. The number of hydrogen-bond acceptors (Lipinski definition) is 5. The van der Waals surface area contributed by atoms with Crippen LogP contribution in [-0.2, 0) is 0 Å². The Morgan fingerprint density at radius 2 is 1.79 bits per heavy atom. The van der Waals surface area contributed by atoms with Crippen molar-refractivity contribution in [2.24, 2.45) is 5.10 Å². The van der Waals surface area contributed by atoms with Crippen molar-refractivity contribution in [2.75, 3.05) is 11.9 Å². The molecule has 0 atom stereocenters. The van der Waals surface area contributed by atoms with Gasteiger partial charge in [0, 0.05) is 10.7 Å². The number of hydrazone groups is 1. The number of esters is 1. The second-order valence-corrected chi connectivity index (χ2v) is 7.86. The summed E-state index contributed by atoms with van der Waals surface area (Å²) in [6.07, 6.45) is 3.67. The second kappa shape index (κ2) is 12.6. The molecule has 0 radical (unpaired) electrons. The Hall–Kier alpha value is -3.42. The van der Waals surface area contributed by atoms with Crippen molar-refractivity contribution < 1.29 is 14.3 Å².